The van der Waals surface area contributed by atoms with Gasteiger partial charge in [0.1, 0.15) is 5.01 Å². The third-order valence-electron chi connectivity index (χ3n) is 3.17. The minimum Gasteiger partial charge on any atom is -0.392 e. The van der Waals surface area contributed by atoms with Crippen molar-refractivity contribution in [3.05, 3.63) is 40.4 Å². The Bertz CT molecular complexity index is 625. The Morgan fingerprint density at radius 3 is 2.57 bits per heavy atom. The number of anilines is 1. The van der Waals surface area contributed by atoms with Crippen LogP contribution >= 0.6 is 11.3 Å². The minimum atomic E-state index is -0.274. The fraction of sp³-hybridized carbons (Fsp3) is 0.438. The maximum absolute atomic E-state index is 11.8. The lowest BCUT2D eigenvalue weighted by Crippen LogP contribution is -2.30. The summed E-state index contributed by atoms with van der Waals surface area (Å²) in [5.74, 6) is 0.516. The number of nitrogens with zero attached hydrogens (tertiary/aromatic N) is 2. The lowest BCUT2D eigenvalue weighted by Gasteiger charge is -2.06. The van der Waals surface area contributed by atoms with Crippen LogP contribution in [0.5, 0.6) is 0 Å². The molecule has 0 saturated heterocycles. The number of aliphatic hydroxyl groups excluding tert-OH is 1. The highest BCUT2D eigenvalue weighted by Crippen LogP contribution is 2.17. The van der Waals surface area contributed by atoms with Crippen molar-refractivity contribution in [2.24, 2.45) is 5.92 Å². The smallest absolute Gasteiger partial charge is 0.321 e. The molecule has 1 heterocycles. The Labute approximate surface area is 140 Å². The van der Waals surface area contributed by atoms with Gasteiger partial charge in [0, 0.05) is 13.0 Å². The maximum Gasteiger partial charge on any atom is 0.321 e. The molecule has 0 aliphatic heterocycles. The van der Waals surface area contributed by atoms with Gasteiger partial charge >= 0.3 is 6.03 Å². The van der Waals surface area contributed by atoms with Crippen molar-refractivity contribution in [1.82, 2.24) is 15.5 Å². The standard InChI is InChI=1S/C16H22N4O2S/c1-11(2)9-14-19-20-16(23-14)18-15(22)17-8-7-12-3-5-13(10-21)6-4-12/h3-6,11,21H,7-10H2,1-2H3,(H2,17,18,20,22). The van der Waals surface area contributed by atoms with Crippen LogP contribution in [0.15, 0.2) is 24.3 Å². The van der Waals surface area contributed by atoms with Crippen LogP contribution in [0.3, 0.4) is 0 Å². The molecule has 0 fully saturated rings. The zero-order chi connectivity index (χ0) is 16.7. The highest BCUT2D eigenvalue weighted by Gasteiger charge is 2.08. The van der Waals surface area contributed by atoms with Gasteiger partial charge in [0.15, 0.2) is 0 Å². The Kier molecular flexibility index (Phi) is 6.49. The van der Waals surface area contributed by atoms with Gasteiger partial charge in [-0.25, -0.2) is 4.79 Å². The molecule has 2 aromatic rings. The summed E-state index contributed by atoms with van der Waals surface area (Å²) >= 11 is 1.41. The van der Waals surface area contributed by atoms with Gasteiger partial charge in [0.05, 0.1) is 6.61 Å². The Hall–Kier alpha value is -1.99. The number of hydrogen-bond acceptors (Lipinski definition) is 5. The zero-order valence-corrected chi connectivity index (χ0v) is 14.2. The van der Waals surface area contributed by atoms with E-state index in [1.54, 1.807) is 0 Å². The van der Waals surface area contributed by atoms with Gasteiger partial charge in [0.25, 0.3) is 0 Å². The lowest BCUT2D eigenvalue weighted by atomic mass is 10.1. The molecule has 2 rings (SSSR count). The molecule has 3 N–H and O–H groups in total. The van der Waals surface area contributed by atoms with Crippen LogP contribution in [0, 0.1) is 5.92 Å². The Morgan fingerprint density at radius 2 is 1.91 bits per heavy atom. The summed E-state index contributed by atoms with van der Waals surface area (Å²) in [5.41, 5.74) is 1.99. The summed E-state index contributed by atoms with van der Waals surface area (Å²) in [6.45, 7) is 4.81. The Morgan fingerprint density at radius 1 is 1.22 bits per heavy atom. The summed E-state index contributed by atoms with van der Waals surface area (Å²) in [7, 11) is 0. The van der Waals surface area contributed by atoms with Crippen molar-refractivity contribution in [3.8, 4) is 0 Å². The van der Waals surface area contributed by atoms with Gasteiger partial charge in [-0.3, -0.25) is 5.32 Å². The number of nitrogens with one attached hydrogen (secondary N) is 2. The second kappa shape index (κ2) is 8.59. The Balaban J connectivity index is 1.73. The van der Waals surface area contributed by atoms with Crippen molar-refractivity contribution in [2.45, 2.75) is 33.3 Å². The summed E-state index contributed by atoms with van der Waals surface area (Å²) < 4.78 is 0. The maximum atomic E-state index is 11.8. The third kappa shape index (κ3) is 5.96. The molecule has 0 bridgehead atoms. The fourth-order valence-electron chi connectivity index (χ4n) is 2.01. The fourth-order valence-corrected chi connectivity index (χ4v) is 2.96. The topological polar surface area (TPSA) is 87.1 Å². The molecular formula is C16H22N4O2S. The number of benzene rings is 1. The lowest BCUT2D eigenvalue weighted by molar-refractivity contribution is 0.252. The van der Waals surface area contributed by atoms with Gasteiger partial charge in [-0.2, -0.15) is 0 Å². The molecule has 124 valence electrons. The number of aliphatic hydroxyl groups is 1. The molecule has 0 aliphatic rings. The molecule has 0 saturated carbocycles. The summed E-state index contributed by atoms with van der Waals surface area (Å²) in [5, 5.41) is 24.0. The molecule has 0 radical (unpaired) electrons. The number of carbonyl (C=O) groups excluding carboxylic acids is 1. The number of amides is 2. The average Bonchev–Trinajstić information content (AvgIpc) is 2.94. The molecule has 0 atom stereocenters. The molecule has 7 heteroatoms. The van der Waals surface area contributed by atoms with Gasteiger partial charge in [-0.15, -0.1) is 10.2 Å². The molecule has 2 amide bonds. The van der Waals surface area contributed by atoms with Crippen LogP contribution in [0.2, 0.25) is 0 Å². The first-order chi connectivity index (χ1) is 11.1. The number of rotatable bonds is 7. The molecule has 6 nitrogen and oxygen atoms in total. The van der Waals surface area contributed by atoms with Crippen molar-refractivity contribution >= 4 is 22.5 Å². The largest absolute Gasteiger partial charge is 0.392 e. The quantitative estimate of drug-likeness (QED) is 0.726. The van der Waals surface area contributed by atoms with E-state index in [4.69, 9.17) is 5.11 Å². The number of urea groups is 1. The van der Waals surface area contributed by atoms with E-state index in [2.05, 4.69) is 34.7 Å². The summed E-state index contributed by atoms with van der Waals surface area (Å²) in [6.07, 6.45) is 1.60. The first-order valence-corrected chi connectivity index (χ1v) is 8.44. The molecular weight excluding hydrogens is 312 g/mol. The normalized spacial score (nSPS) is 10.8. The molecule has 23 heavy (non-hydrogen) atoms. The van der Waals surface area contributed by atoms with Gasteiger partial charge in [0.2, 0.25) is 5.13 Å². The average molecular weight is 334 g/mol. The van der Waals surface area contributed by atoms with E-state index in [0.29, 0.717) is 17.6 Å². The number of aromatic nitrogens is 2. The second-order valence-corrected chi connectivity index (χ2v) is 6.77. The van der Waals surface area contributed by atoms with Crippen LogP contribution in [-0.2, 0) is 19.4 Å². The van der Waals surface area contributed by atoms with Crippen LogP contribution in [-0.4, -0.2) is 27.9 Å². The van der Waals surface area contributed by atoms with Crippen LogP contribution < -0.4 is 10.6 Å². The van der Waals surface area contributed by atoms with E-state index in [1.807, 2.05) is 24.3 Å². The van der Waals surface area contributed by atoms with E-state index in [1.165, 1.54) is 11.3 Å². The van der Waals surface area contributed by atoms with Crippen molar-refractivity contribution in [2.75, 3.05) is 11.9 Å². The zero-order valence-electron chi connectivity index (χ0n) is 13.4. The monoisotopic (exact) mass is 334 g/mol. The predicted octanol–water partition coefficient (Wildman–Crippen LogP) is 2.59. The predicted molar refractivity (Wildman–Crippen MR) is 91.5 cm³/mol. The minimum absolute atomic E-state index is 0.0432. The van der Waals surface area contributed by atoms with Crippen LogP contribution in [0.1, 0.15) is 30.0 Å². The second-order valence-electron chi connectivity index (χ2n) is 5.70. The molecule has 0 unspecified atom stereocenters. The highest BCUT2D eigenvalue weighted by molar-refractivity contribution is 7.15. The van der Waals surface area contributed by atoms with E-state index in [9.17, 15) is 4.79 Å². The highest BCUT2D eigenvalue weighted by atomic mass is 32.1. The number of hydrogen-bond donors (Lipinski definition) is 3. The van der Waals surface area contributed by atoms with Gasteiger partial charge in [-0.1, -0.05) is 49.4 Å². The van der Waals surface area contributed by atoms with Crippen molar-refractivity contribution in [1.29, 1.82) is 0 Å². The van der Waals surface area contributed by atoms with E-state index in [0.717, 1.165) is 29.0 Å². The van der Waals surface area contributed by atoms with Crippen LogP contribution in [0.25, 0.3) is 0 Å². The van der Waals surface area contributed by atoms with E-state index >= 15 is 0 Å². The SMILES string of the molecule is CC(C)Cc1nnc(NC(=O)NCCc2ccc(CO)cc2)s1. The summed E-state index contributed by atoms with van der Waals surface area (Å²) in [6, 6.07) is 7.39. The summed E-state index contributed by atoms with van der Waals surface area (Å²) in [4.78, 5) is 11.8. The van der Waals surface area contributed by atoms with Gasteiger partial charge < -0.3 is 10.4 Å². The van der Waals surface area contributed by atoms with E-state index in [-0.39, 0.29) is 12.6 Å². The van der Waals surface area contributed by atoms with Crippen LogP contribution in [0.4, 0.5) is 9.93 Å². The molecule has 0 aliphatic carbocycles. The first kappa shape index (κ1) is 17.4. The molecule has 0 spiro atoms. The van der Waals surface area contributed by atoms with Gasteiger partial charge in [-0.05, 0) is 23.5 Å². The van der Waals surface area contributed by atoms with E-state index < -0.39 is 0 Å². The number of carbonyl (C=O) groups is 1. The molecule has 1 aromatic heterocycles. The molecule has 1 aromatic carbocycles. The first-order valence-electron chi connectivity index (χ1n) is 7.62. The third-order valence-corrected chi connectivity index (χ3v) is 4.04. The van der Waals surface area contributed by atoms with Crippen molar-refractivity contribution in [3.63, 3.8) is 0 Å². The van der Waals surface area contributed by atoms with Crippen molar-refractivity contribution < 1.29 is 9.90 Å².